The monoisotopic (exact) mass is 653 g/mol. The van der Waals surface area contributed by atoms with E-state index in [4.69, 9.17) is 0 Å². The zero-order chi connectivity index (χ0) is 30.3. The molecule has 1 atom stereocenters. The topological polar surface area (TPSA) is 86.8 Å². The molecule has 2 amide bonds. The molecule has 1 fully saturated rings. The fourth-order valence-corrected chi connectivity index (χ4v) is 7.23. The highest BCUT2D eigenvalue weighted by Gasteiger charge is 2.34. The summed E-state index contributed by atoms with van der Waals surface area (Å²) >= 11 is 3.44. The van der Waals surface area contributed by atoms with Gasteiger partial charge in [0.1, 0.15) is 12.6 Å². The van der Waals surface area contributed by atoms with Crippen molar-refractivity contribution in [3.8, 4) is 0 Å². The summed E-state index contributed by atoms with van der Waals surface area (Å²) in [5.41, 5.74) is 3.19. The molecule has 1 aliphatic carbocycles. The van der Waals surface area contributed by atoms with Gasteiger partial charge in [-0.15, -0.1) is 0 Å². The number of benzene rings is 3. The minimum absolute atomic E-state index is 0.0911. The Kier molecular flexibility index (Phi) is 10.8. The molecular formula is C33H40BrN3O4S. The van der Waals surface area contributed by atoms with E-state index in [9.17, 15) is 18.0 Å². The van der Waals surface area contributed by atoms with Crippen LogP contribution in [-0.2, 0) is 26.2 Å². The Labute approximate surface area is 258 Å². The summed E-state index contributed by atoms with van der Waals surface area (Å²) in [5, 5.41) is 3.19. The van der Waals surface area contributed by atoms with Gasteiger partial charge in [0.2, 0.25) is 11.8 Å². The van der Waals surface area contributed by atoms with Crippen molar-refractivity contribution in [1.29, 1.82) is 0 Å². The summed E-state index contributed by atoms with van der Waals surface area (Å²) in [6, 6.07) is 20.6. The summed E-state index contributed by atoms with van der Waals surface area (Å²) in [6.45, 7) is 5.48. The number of nitrogens with zero attached hydrogens (tertiary/aromatic N) is 2. The Morgan fingerprint density at radius 1 is 0.952 bits per heavy atom. The largest absolute Gasteiger partial charge is 0.352 e. The quantitative estimate of drug-likeness (QED) is 0.255. The van der Waals surface area contributed by atoms with E-state index >= 15 is 0 Å². The highest BCUT2D eigenvalue weighted by molar-refractivity contribution is 9.10. The molecule has 0 spiro atoms. The van der Waals surface area contributed by atoms with Crippen molar-refractivity contribution in [2.75, 3.05) is 10.8 Å². The van der Waals surface area contributed by atoms with E-state index in [1.165, 1.54) is 6.42 Å². The first-order valence-electron chi connectivity index (χ1n) is 14.6. The Bertz CT molecular complexity index is 1490. The average molecular weight is 655 g/mol. The van der Waals surface area contributed by atoms with Crippen LogP contribution in [0.4, 0.5) is 5.69 Å². The summed E-state index contributed by atoms with van der Waals surface area (Å²) in [5.74, 6) is -0.638. The van der Waals surface area contributed by atoms with Crippen LogP contribution in [0.5, 0.6) is 0 Å². The lowest BCUT2D eigenvalue weighted by Gasteiger charge is -2.34. The smallest absolute Gasteiger partial charge is 0.264 e. The van der Waals surface area contributed by atoms with E-state index in [1.807, 2.05) is 45.0 Å². The van der Waals surface area contributed by atoms with Crippen molar-refractivity contribution in [3.63, 3.8) is 0 Å². The van der Waals surface area contributed by atoms with Crippen LogP contribution in [0.1, 0.15) is 62.1 Å². The minimum Gasteiger partial charge on any atom is -0.352 e. The lowest BCUT2D eigenvalue weighted by Crippen LogP contribution is -2.54. The molecule has 7 nitrogen and oxygen atoms in total. The van der Waals surface area contributed by atoms with E-state index in [2.05, 4.69) is 21.2 Å². The van der Waals surface area contributed by atoms with Crippen LogP contribution >= 0.6 is 15.9 Å². The van der Waals surface area contributed by atoms with Gasteiger partial charge in [-0.3, -0.25) is 13.9 Å². The van der Waals surface area contributed by atoms with Gasteiger partial charge < -0.3 is 10.2 Å². The average Bonchev–Trinajstić information content (AvgIpc) is 2.97. The predicted molar refractivity (Wildman–Crippen MR) is 171 cm³/mol. The van der Waals surface area contributed by atoms with Gasteiger partial charge in [0, 0.05) is 17.1 Å². The van der Waals surface area contributed by atoms with Gasteiger partial charge in [-0.2, -0.15) is 0 Å². The van der Waals surface area contributed by atoms with Crippen LogP contribution < -0.4 is 9.62 Å². The van der Waals surface area contributed by atoms with Gasteiger partial charge in [-0.25, -0.2) is 8.42 Å². The van der Waals surface area contributed by atoms with Gasteiger partial charge in [0.15, 0.2) is 0 Å². The van der Waals surface area contributed by atoms with E-state index in [0.717, 1.165) is 46.7 Å². The van der Waals surface area contributed by atoms with Crippen LogP contribution in [0.25, 0.3) is 0 Å². The normalized spacial score (nSPS) is 14.7. The second-order valence-electron chi connectivity index (χ2n) is 11.0. The molecule has 0 unspecified atom stereocenters. The molecule has 3 aromatic rings. The molecule has 9 heteroatoms. The van der Waals surface area contributed by atoms with Crippen molar-refractivity contribution in [2.45, 2.75) is 82.8 Å². The molecule has 1 N–H and O–H groups in total. The zero-order valence-corrected chi connectivity index (χ0v) is 27.0. The number of rotatable bonds is 11. The maximum Gasteiger partial charge on any atom is 0.264 e. The third-order valence-electron chi connectivity index (χ3n) is 7.92. The minimum atomic E-state index is -4.11. The number of aryl methyl sites for hydroxylation is 2. The zero-order valence-electron chi connectivity index (χ0n) is 24.6. The van der Waals surface area contributed by atoms with Gasteiger partial charge in [-0.1, -0.05) is 90.1 Å². The van der Waals surface area contributed by atoms with Crippen LogP contribution in [0, 0.1) is 13.8 Å². The highest BCUT2D eigenvalue weighted by Crippen LogP contribution is 2.28. The Balaban J connectivity index is 1.71. The van der Waals surface area contributed by atoms with Gasteiger partial charge in [-0.05, 0) is 74.6 Å². The van der Waals surface area contributed by atoms with Crippen LogP contribution in [-0.4, -0.2) is 43.8 Å². The van der Waals surface area contributed by atoms with Crippen LogP contribution in [0.3, 0.4) is 0 Å². The van der Waals surface area contributed by atoms with Gasteiger partial charge >= 0.3 is 0 Å². The third kappa shape index (κ3) is 7.81. The van der Waals surface area contributed by atoms with Crippen molar-refractivity contribution in [1.82, 2.24) is 10.2 Å². The first kappa shape index (κ1) is 31.8. The summed E-state index contributed by atoms with van der Waals surface area (Å²) in [7, 11) is -4.11. The molecule has 42 heavy (non-hydrogen) atoms. The fourth-order valence-electron chi connectivity index (χ4n) is 5.43. The molecule has 1 aliphatic rings. The van der Waals surface area contributed by atoms with E-state index < -0.39 is 28.5 Å². The molecule has 224 valence electrons. The van der Waals surface area contributed by atoms with Crippen LogP contribution in [0.2, 0.25) is 0 Å². The van der Waals surface area contributed by atoms with Gasteiger partial charge in [0.25, 0.3) is 10.0 Å². The first-order valence-corrected chi connectivity index (χ1v) is 16.8. The Morgan fingerprint density at radius 2 is 1.64 bits per heavy atom. The van der Waals surface area contributed by atoms with E-state index in [-0.39, 0.29) is 23.4 Å². The number of hydrogen-bond donors (Lipinski definition) is 1. The second kappa shape index (κ2) is 14.3. The molecule has 0 radical (unpaired) electrons. The van der Waals surface area contributed by atoms with Crippen molar-refractivity contribution in [3.05, 3.63) is 94.0 Å². The SMILES string of the molecule is CC[C@H](C(=O)NC1CCCCC1)N(Cc1ccccc1C)C(=O)CN(c1cccc(Br)c1)S(=O)(=O)c1ccc(C)cc1. The number of sulfonamides is 1. The van der Waals surface area contributed by atoms with Crippen molar-refractivity contribution in [2.24, 2.45) is 0 Å². The second-order valence-corrected chi connectivity index (χ2v) is 13.8. The number of carbonyl (C=O) groups is 2. The number of hydrogen-bond acceptors (Lipinski definition) is 4. The molecule has 4 rings (SSSR count). The molecule has 0 aromatic heterocycles. The van der Waals surface area contributed by atoms with Gasteiger partial charge in [0.05, 0.1) is 10.6 Å². The summed E-state index contributed by atoms with van der Waals surface area (Å²) < 4.78 is 29.9. The number of halogens is 1. The van der Waals surface area contributed by atoms with Crippen molar-refractivity contribution < 1.29 is 18.0 Å². The molecule has 0 bridgehead atoms. The lowest BCUT2D eigenvalue weighted by atomic mass is 9.95. The highest BCUT2D eigenvalue weighted by atomic mass is 79.9. The van der Waals surface area contributed by atoms with Crippen LogP contribution in [0.15, 0.2) is 82.2 Å². The van der Waals surface area contributed by atoms with Crippen molar-refractivity contribution >= 4 is 43.5 Å². The number of nitrogens with one attached hydrogen (secondary N) is 1. The molecule has 0 aliphatic heterocycles. The third-order valence-corrected chi connectivity index (χ3v) is 10.2. The molecule has 0 heterocycles. The summed E-state index contributed by atoms with van der Waals surface area (Å²) in [4.78, 5) is 29.6. The predicted octanol–water partition coefficient (Wildman–Crippen LogP) is 6.52. The standard InChI is InChI=1S/C33H40BrN3O4S/c1-4-31(33(39)35-28-14-6-5-7-15-28)36(22-26-12-9-8-11-25(26)3)32(38)23-37(29-16-10-13-27(34)21-29)42(40,41)30-19-17-24(2)18-20-30/h8-13,16-21,28,31H,4-7,14-15,22-23H2,1-3H3,(H,35,39)/t31-/m1/s1. The maximum atomic E-state index is 14.3. The van der Waals surface area contributed by atoms with E-state index in [1.54, 1.807) is 53.4 Å². The molecule has 0 saturated heterocycles. The Morgan fingerprint density at radius 3 is 2.29 bits per heavy atom. The molecular weight excluding hydrogens is 614 g/mol. The lowest BCUT2D eigenvalue weighted by molar-refractivity contribution is -0.140. The molecule has 3 aromatic carbocycles. The Hall–Kier alpha value is -3.17. The molecule has 1 saturated carbocycles. The first-order chi connectivity index (χ1) is 20.1. The fraction of sp³-hybridized carbons (Fsp3) is 0.394. The number of anilines is 1. The maximum absolute atomic E-state index is 14.3. The number of carbonyl (C=O) groups excluding carboxylic acids is 2. The number of amides is 2. The van der Waals surface area contributed by atoms with E-state index in [0.29, 0.717) is 16.6 Å². The summed E-state index contributed by atoms with van der Waals surface area (Å²) in [6.07, 6.45) is 5.58.